The molecule has 0 spiro atoms. The maximum atomic E-state index is 11.8. The number of alkyl carbamates (subject to hydrolysis) is 1. The van der Waals surface area contributed by atoms with Gasteiger partial charge in [-0.15, -0.1) is 0 Å². The summed E-state index contributed by atoms with van der Waals surface area (Å²) in [6.07, 6.45) is -0.693. The van der Waals surface area contributed by atoms with E-state index < -0.39 is 17.4 Å². The Morgan fingerprint density at radius 1 is 1.00 bits per heavy atom. The van der Waals surface area contributed by atoms with Crippen molar-refractivity contribution >= 4 is 22.9 Å². The van der Waals surface area contributed by atoms with Crippen LogP contribution in [0.15, 0.2) is 60.7 Å². The molecule has 1 unspecified atom stereocenters. The zero-order valence-electron chi connectivity index (χ0n) is 11.2. The summed E-state index contributed by atoms with van der Waals surface area (Å²) in [6, 6.07) is 17.1. The molecule has 0 radical (unpaired) electrons. The lowest BCUT2D eigenvalue weighted by Gasteiger charge is -2.15. The van der Waals surface area contributed by atoms with Crippen LogP contribution in [-0.2, 0) is 16.1 Å². The molecule has 1 N–H and O–H groups in total. The van der Waals surface area contributed by atoms with Crippen LogP contribution in [0.25, 0.3) is 0 Å². The third kappa shape index (κ3) is 4.61. The average Bonchev–Trinajstić information content (AvgIpc) is 2.52. The molecule has 0 aromatic heterocycles. The second-order valence-electron chi connectivity index (χ2n) is 4.35. The minimum atomic E-state index is -0.920. The van der Waals surface area contributed by atoms with Gasteiger partial charge in [0.1, 0.15) is 12.6 Å². The van der Waals surface area contributed by atoms with E-state index in [9.17, 15) is 9.59 Å². The molecule has 0 aliphatic heterocycles. The summed E-state index contributed by atoms with van der Waals surface area (Å²) in [6.45, 7) is 0.130. The van der Waals surface area contributed by atoms with Crippen LogP contribution in [0, 0.1) is 0 Å². The van der Waals surface area contributed by atoms with Gasteiger partial charge in [0.2, 0.25) is 5.24 Å². The van der Waals surface area contributed by atoms with Crippen molar-refractivity contribution in [3.05, 3.63) is 71.8 Å². The number of hydrogen-bond donors (Lipinski definition) is 1. The van der Waals surface area contributed by atoms with Gasteiger partial charge in [-0.3, -0.25) is 4.79 Å². The predicted octanol–water partition coefficient (Wildman–Crippen LogP) is 3.42. The number of benzene rings is 2. The van der Waals surface area contributed by atoms with Crippen molar-refractivity contribution in [2.24, 2.45) is 0 Å². The molecule has 108 valence electrons. The lowest BCUT2D eigenvalue weighted by molar-refractivity contribution is -0.113. The van der Waals surface area contributed by atoms with E-state index in [0.29, 0.717) is 5.56 Å². The van der Waals surface area contributed by atoms with E-state index in [1.807, 2.05) is 36.4 Å². The number of ether oxygens (including phenoxy) is 1. The Balaban J connectivity index is 1.95. The van der Waals surface area contributed by atoms with Crippen molar-refractivity contribution in [2.75, 3.05) is 0 Å². The van der Waals surface area contributed by atoms with Gasteiger partial charge in [-0.05, 0) is 22.7 Å². The summed E-state index contributed by atoms with van der Waals surface area (Å²) in [5, 5.41) is 1.79. The molecule has 0 saturated heterocycles. The highest BCUT2D eigenvalue weighted by molar-refractivity contribution is 6.64. The Hall–Kier alpha value is -2.33. The van der Waals surface area contributed by atoms with Gasteiger partial charge in [-0.2, -0.15) is 0 Å². The molecule has 4 nitrogen and oxygen atoms in total. The number of nitrogens with one attached hydrogen (secondary N) is 1. The van der Waals surface area contributed by atoms with E-state index in [4.69, 9.17) is 16.3 Å². The van der Waals surface area contributed by atoms with Crippen molar-refractivity contribution in [3.8, 4) is 0 Å². The Labute approximate surface area is 127 Å². The van der Waals surface area contributed by atoms with Crippen LogP contribution >= 0.6 is 11.6 Å². The van der Waals surface area contributed by atoms with E-state index >= 15 is 0 Å². The molecular formula is C16H14ClNO3. The van der Waals surface area contributed by atoms with Crippen LogP contribution in [0.5, 0.6) is 0 Å². The van der Waals surface area contributed by atoms with Crippen LogP contribution in [0.1, 0.15) is 17.2 Å². The highest BCUT2D eigenvalue weighted by atomic mass is 35.5. The second kappa shape index (κ2) is 7.45. The molecular weight excluding hydrogens is 290 g/mol. The molecule has 5 heteroatoms. The topological polar surface area (TPSA) is 55.4 Å². The van der Waals surface area contributed by atoms with Crippen molar-refractivity contribution in [1.82, 2.24) is 5.32 Å². The maximum Gasteiger partial charge on any atom is 0.408 e. The fourth-order valence-corrected chi connectivity index (χ4v) is 1.98. The van der Waals surface area contributed by atoms with E-state index in [2.05, 4.69) is 5.32 Å². The Kier molecular flexibility index (Phi) is 5.35. The van der Waals surface area contributed by atoms with E-state index in [1.54, 1.807) is 24.3 Å². The van der Waals surface area contributed by atoms with Gasteiger partial charge in [-0.25, -0.2) is 4.79 Å². The minimum Gasteiger partial charge on any atom is -0.445 e. The van der Waals surface area contributed by atoms with Crippen molar-refractivity contribution < 1.29 is 14.3 Å². The number of carbonyl (C=O) groups is 2. The van der Waals surface area contributed by atoms with Crippen LogP contribution in [0.2, 0.25) is 0 Å². The number of carbonyl (C=O) groups excluding carboxylic acids is 2. The summed E-state index contributed by atoms with van der Waals surface area (Å²) in [7, 11) is 0. The third-order valence-corrected chi connectivity index (χ3v) is 3.05. The molecule has 2 rings (SSSR count). The molecule has 21 heavy (non-hydrogen) atoms. The number of hydrogen-bond acceptors (Lipinski definition) is 3. The summed E-state index contributed by atoms with van der Waals surface area (Å²) < 4.78 is 5.07. The fraction of sp³-hybridized carbons (Fsp3) is 0.125. The molecule has 0 fully saturated rings. The second-order valence-corrected chi connectivity index (χ2v) is 4.73. The molecule has 1 atom stereocenters. The van der Waals surface area contributed by atoms with Crippen molar-refractivity contribution in [3.63, 3.8) is 0 Å². The Morgan fingerprint density at radius 2 is 1.57 bits per heavy atom. The van der Waals surface area contributed by atoms with Crippen molar-refractivity contribution in [1.29, 1.82) is 0 Å². The summed E-state index contributed by atoms with van der Waals surface area (Å²) in [5.74, 6) is 0. The maximum absolute atomic E-state index is 11.8. The standard InChI is InChI=1S/C16H14ClNO3/c17-15(19)14(13-9-5-2-6-10-13)18-16(20)21-11-12-7-3-1-4-8-12/h1-10,14H,11H2,(H,18,20). The number of halogens is 1. The molecule has 1 amide bonds. The first kappa shape index (κ1) is 15.1. The monoisotopic (exact) mass is 303 g/mol. The lowest BCUT2D eigenvalue weighted by Crippen LogP contribution is -2.32. The first-order valence-electron chi connectivity index (χ1n) is 6.38. The fourth-order valence-electron chi connectivity index (χ4n) is 1.80. The molecule has 2 aromatic carbocycles. The summed E-state index contributed by atoms with van der Waals surface area (Å²) in [5.41, 5.74) is 1.47. The highest BCUT2D eigenvalue weighted by Gasteiger charge is 2.21. The van der Waals surface area contributed by atoms with Crippen LogP contribution in [0.3, 0.4) is 0 Å². The molecule has 0 aliphatic carbocycles. The molecule has 0 aliphatic rings. The van der Waals surface area contributed by atoms with Gasteiger partial charge in [-0.1, -0.05) is 60.7 Å². The Bertz CT molecular complexity index is 601. The van der Waals surface area contributed by atoms with E-state index in [0.717, 1.165) is 5.56 Å². The molecule has 0 heterocycles. The van der Waals surface area contributed by atoms with E-state index in [1.165, 1.54) is 0 Å². The first-order chi connectivity index (χ1) is 10.2. The number of amides is 1. The van der Waals surface area contributed by atoms with Gasteiger partial charge >= 0.3 is 6.09 Å². The van der Waals surface area contributed by atoms with Crippen LogP contribution < -0.4 is 5.32 Å². The highest BCUT2D eigenvalue weighted by Crippen LogP contribution is 2.15. The van der Waals surface area contributed by atoms with Crippen molar-refractivity contribution in [2.45, 2.75) is 12.6 Å². The largest absolute Gasteiger partial charge is 0.445 e. The van der Waals surface area contributed by atoms with Crippen LogP contribution in [-0.4, -0.2) is 11.3 Å². The SMILES string of the molecule is O=C(NC(C(=O)Cl)c1ccccc1)OCc1ccccc1. The number of rotatable bonds is 5. The minimum absolute atomic E-state index is 0.130. The zero-order valence-corrected chi connectivity index (χ0v) is 11.9. The average molecular weight is 304 g/mol. The van der Waals surface area contributed by atoms with E-state index in [-0.39, 0.29) is 6.61 Å². The van der Waals surface area contributed by atoms with Gasteiger partial charge in [0, 0.05) is 0 Å². The predicted molar refractivity (Wildman–Crippen MR) is 79.8 cm³/mol. The first-order valence-corrected chi connectivity index (χ1v) is 6.76. The van der Waals surface area contributed by atoms with Gasteiger partial charge in [0.25, 0.3) is 0 Å². The molecule has 0 bridgehead atoms. The third-order valence-electron chi connectivity index (χ3n) is 2.83. The van der Waals surface area contributed by atoms with Gasteiger partial charge < -0.3 is 10.1 Å². The summed E-state index contributed by atoms with van der Waals surface area (Å²) in [4.78, 5) is 23.2. The molecule has 2 aromatic rings. The van der Waals surface area contributed by atoms with Crippen LogP contribution in [0.4, 0.5) is 4.79 Å². The smallest absolute Gasteiger partial charge is 0.408 e. The quantitative estimate of drug-likeness (QED) is 0.861. The molecule has 0 saturated carbocycles. The lowest BCUT2D eigenvalue weighted by atomic mass is 10.1. The normalized spacial score (nSPS) is 11.5. The van der Waals surface area contributed by atoms with Gasteiger partial charge in [0.05, 0.1) is 0 Å². The summed E-state index contributed by atoms with van der Waals surface area (Å²) >= 11 is 5.53. The van der Waals surface area contributed by atoms with Gasteiger partial charge in [0.15, 0.2) is 0 Å². The Morgan fingerprint density at radius 3 is 2.14 bits per heavy atom. The zero-order chi connectivity index (χ0) is 15.1.